The number of cyclic esters (lactones) is 2. The Morgan fingerprint density at radius 3 is 2.08 bits per heavy atom. The third kappa shape index (κ3) is 1.08. The lowest BCUT2D eigenvalue weighted by Gasteiger charge is -2.29. The second kappa shape index (κ2) is 2.39. The highest BCUT2D eigenvalue weighted by molar-refractivity contribution is 5.96. The van der Waals surface area contributed by atoms with Gasteiger partial charge in [-0.2, -0.15) is 17.6 Å². The summed E-state index contributed by atoms with van der Waals surface area (Å²) in [6, 6.07) is 0. The number of ether oxygens (including phenoxy) is 1. The summed E-state index contributed by atoms with van der Waals surface area (Å²) in [4.78, 5) is 20.1. The van der Waals surface area contributed by atoms with E-state index in [0.717, 1.165) is 0 Å². The Kier molecular flexibility index (Phi) is 1.82. The molecule has 3 nitrogen and oxygen atoms in total. The number of halogens is 5. The lowest BCUT2D eigenvalue weighted by molar-refractivity contribution is -0.264. The first-order valence-corrected chi connectivity index (χ1v) is 2.87. The molecule has 0 aromatic rings. The first kappa shape index (κ1) is 9.87. The van der Waals surface area contributed by atoms with Gasteiger partial charge in [0.1, 0.15) is 0 Å². The summed E-state index contributed by atoms with van der Waals surface area (Å²) in [5.41, 5.74) is 0. The van der Waals surface area contributed by atoms with E-state index < -0.39 is 30.0 Å². The smallest absolute Gasteiger partial charge is 0.386 e. The molecule has 1 aliphatic rings. The monoisotopic (exact) mass is 204 g/mol. The van der Waals surface area contributed by atoms with Crippen LogP contribution >= 0.6 is 0 Å². The van der Waals surface area contributed by atoms with Gasteiger partial charge in [-0.25, -0.2) is 14.0 Å². The third-order valence-corrected chi connectivity index (χ3v) is 1.39. The first-order chi connectivity index (χ1) is 5.71. The second-order valence-electron chi connectivity index (χ2n) is 2.27. The molecule has 8 heteroatoms. The van der Waals surface area contributed by atoms with E-state index in [1.54, 1.807) is 0 Å². The molecule has 1 unspecified atom stereocenters. The summed E-state index contributed by atoms with van der Waals surface area (Å²) in [7, 11) is 0. The molecule has 0 bridgehead atoms. The normalized spacial score (nSPS) is 31.3. The van der Waals surface area contributed by atoms with Gasteiger partial charge in [0.15, 0.2) is 0 Å². The number of hydrogen-bond donors (Lipinski definition) is 0. The molecule has 1 heterocycles. The molecule has 0 radical (unpaired) electrons. The Balaban J connectivity index is 3.15. The Labute approximate surface area is 67.5 Å². The van der Waals surface area contributed by atoms with Gasteiger partial charge in [-0.15, -0.1) is 0 Å². The number of carbonyl (C=O) groups is 2. The molecule has 0 aromatic carbocycles. The van der Waals surface area contributed by atoms with E-state index in [0.29, 0.717) is 0 Å². The molecule has 0 saturated carbocycles. The van der Waals surface area contributed by atoms with Gasteiger partial charge in [-0.1, -0.05) is 0 Å². The molecular formula is C5HF5O3. The van der Waals surface area contributed by atoms with Gasteiger partial charge < -0.3 is 4.74 Å². The first-order valence-electron chi connectivity index (χ1n) is 2.87. The molecule has 0 spiro atoms. The quantitative estimate of drug-likeness (QED) is 0.331. The summed E-state index contributed by atoms with van der Waals surface area (Å²) in [5, 5.41) is 0. The lowest BCUT2D eigenvalue weighted by Crippen LogP contribution is -2.61. The fourth-order valence-electron chi connectivity index (χ4n) is 0.650. The standard InChI is InChI=1S/C5HF5O3/c6-1-2(11)13-3(12)5(9,10)4(1,7)8/h1H. The number of rotatable bonds is 0. The fourth-order valence-corrected chi connectivity index (χ4v) is 0.650. The van der Waals surface area contributed by atoms with Crippen LogP contribution in [0.25, 0.3) is 0 Å². The molecule has 0 aliphatic carbocycles. The SMILES string of the molecule is O=C1OC(=O)C(F)(F)C(F)(F)C1F. The van der Waals surface area contributed by atoms with E-state index in [9.17, 15) is 31.5 Å². The summed E-state index contributed by atoms with van der Waals surface area (Å²) in [5.74, 6) is -15.7. The fraction of sp³-hybridized carbons (Fsp3) is 0.600. The highest BCUT2D eigenvalue weighted by atomic mass is 19.3. The summed E-state index contributed by atoms with van der Waals surface area (Å²) in [6.07, 6.45) is -3.82. The summed E-state index contributed by atoms with van der Waals surface area (Å²) >= 11 is 0. The predicted molar refractivity (Wildman–Crippen MR) is 25.9 cm³/mol. The zero-order valence-electron chi connectivity index (χ0n) is 5.69. The van der Waals surface area contributed by atoms with Crippen LogP contribution in [0, 0.1) is 0 Å². The van der Waals surface area contributed by atoms with Crippen LogP contribution in [-0.2, 0) is 14.3 Å². The zero-order valence-corrected chi connectivity index (χ0v) is 5.69. The largest absolute Gasteiger partial charge is 0.408 e. The maximum Gasteiger partial charge on any atom is 0.408 e. The van der Waals surface area contributed by atoms with Crippen molar-refractivity contribution in [1.29, 1.82) is 0 Å². The van der Waals surface area contributed by atoms with Crippen LogP contribution in [0.5, 0.6) is 0 Å². The maximum atomic E-state index is 12.2. The minimum atomic E-state index is -5.35. The van der Waals surface area contributed by atoms with Crippen molar-refractivity contribution in [3.8, 4) is 0 Å². The van der Waals surface area contributed by atoms with Crippen molar-refractivity contribution in [3.63, 3.8) is 0 Å². The van der Waals surface area contributed by atoms with Crippen LogP contribution < -0.4 is 0 Å². The number of hydrogen-bond acceptors (Lipinski definition) is 3. The lowest BCUT2D eigenvalue weighted by atomic mass is 10.0. The number of carbonyl (C=O) groups excluding carboxylic acids is 2. The Hall–Kier alpha value is -1.21. The van der Waals surface area contributed by atoms with E-state index in [1.807, 2.05) is 0 Å². The van der Waals surface area contributed by atoms with E-state index in [4.69, 9.17) is 0 Å². The van der Waals surface area contributed by atoms with Crippen LogP contribution in [0.4, 0.5) is 22.0 Å². The molecule has 1 saturated heterocycles. The topological polar surface area (TPSA) is 43.4 Å². The van der Waals surface area contributed by atoms with Gasteiger partial charge in [-0.3, -0.25) is 0 Å². The predicted octanol–water partition coefficient (Wildman–Crippen LogP) is 0.678. The van der Waals surface area contributed by atoms with Crippen molar-refractivity contribution in [2.24, 2.45) is 0 Å². The number of alkyl halides is 5. The van der Waals surface area contributed by atoms with Gasteiger partial charge in [0.2, 0.25) is 0 Å². The molecule has 1 atom stereocenters. The molecule has 1 rings (SSSR count). The highest BCUT2D eigenvalue weighted by Gasteiger charge is 2.74. The van der Waals surface area contributed by atoms with Crippen molar-refractivity contribution in [3.05, 3.63) is 0 Å². The maximum absolute atomic E-state index is 12.2. The van der Waals surface area contributed by atoms with Crippen LogP contribution in [0.1, 0.15) is 0 Å². The van der Waals surface area contributed by atoms with E-state index >= 15 is 0 Å². The van der Waals surface area contributed by atoms with Crippen molar-refractivity contribution in [2.75, 3.05) is 0 Å². The van der Waals surface area contributed by atoms with Crippen LogP contribution in [0.2, 0.25) is 0 Å². The van der Waals surface area contributed by atoms with Gasteiger partial charge in [0.25, 0.3) is 6.17 Å². The Bertz CT molecular complexity index is 273. The summed E-state index contributed by atoms with van der Waals surface area (Å²) in [6.45, 7) is 0. The van der Waals surface area contributed by atoms with E-state index in [-0.39, 0.29) is 0 Å². The third-order valence-electron chi connectivity index (χ3n) is 1.39. The Morgan fingerprint density at radius 2 is 1.62 bits per heavy atom. The zero-order chi connectivity index (χ0) is 10.4. The highest BCUT2D eigenvalue weighted by Crippen LogP contribution is 2.42. The molecule has 0 amide bonds. The average molecular weight is 204 g/mol. The van der Waals surface area contributed by atoms with E-state index in [1.165, 1.54) is 0 Å². The summed E-state index contributed by atoms with van der Waals surface area (Å²) < 4.78 is 64.1. The average Bonchev–Trinajstić information content (AvgIpc) is 2.00. The van der Waals surface area contributed by atoms with Crippen LogP contribution in [0.3, 0.4) is 0 Å². The van der Waals surface area contributed by atoms with Gasteiger partial charge >= 0.3 is 23.8 Å². The number of esters is 2. The van der Waals surface area contributed by atoms with Gasteiger partial charge in [0.05, 0.1) is 0 Å². The van der Waals surface area contributed by atoms with Crippen molar-refractivity contribution in [1.82, 2.24) is 0 Å². The molecule has 1 aliphatic heterocycles. The van der Waals surface area contributed by atoms with Crippen molar-refractivity contribution in [2.45, 2.75) is 18.0 Å². The minimum absolute atomic E-state index is 2.30. The van der Waals surface area contributed by atoms with Gasteiger partial charge in [-0.05, 0) is 0 Å². The van der Waals surface area contributed by atoms with Gasteiger partial charge in [0, 0.05) is 0 Å². The molecule has 1 fully saturated rings. The molecule has 13 heavy (non-hydrogen) atoms. The molecule has 0 aromatic heterocycles. The van der Waals surface area contributed by atoms with Crippen molar-refractivity contribution < 1.29 is 36.3 Å². The van der Waals surface area contributed by atoms with Crippen molar-refractivity contribution >= 4 is 11.9 Å². The van der Waals surface area contributed by atoms with Crippen LogP contribution in [-0.4, -0.2) is 30.0 Å². The molecule has 0 N–H and O–H groups in total. The minimum Gasteiger partial charge on any atom is -0.386 e. The van der Waals surface area contributed by atoms with E-state index in [2.05, 4.69) is 4.74 Å². The second-order valence-corrected chi connectivity index (χ2v) is 2.27. The Morgan fingerprint density at radius 1 is 1.15 bits per heavy atom. The van der Waals surface area contributed by atoms with Crippen LogP contribution in [0.15, 0.2) is 0 Å². The molecule has 74 valence electrons. The molecular weight excluding hydrogens is 203 g/mol.